The third-order valence-corrected chi connectivity index (χ3v) is 2.32. The van der Waals surface area contributed by atoms with Crippen LogP contribution in [0.4, 0.5) is 0 Å². The summed E-state index contributed by atoms with van der Waals surface area (Å²) in [6.45, 7) is 2.49. The average molecular weight is 305 g/mol. The Hall–Kier alpha value is -0.780. The Labute approximate surface area is 96.7 Å². The summed E-state index contributed by atoms with van der Waals surface area (Å²) in [5.74, 6) is -0.185. The van der Waals surface area contributed by atoms with E-state index >= 15 is 0 Å². The molecule has 2 N–H and O–H groups in total. The lowest BCUT2D eigenvalue weighted by molar-refractivity contribution is 0.0954. The minimum absolute atomic E-state index is 0.0379. The topological polar surface area (TPSA) is 49.3 Å². The summed E-state index contributed by atoms with van der Waals surface area (Å²) in [6, 6.07) is 5.02. The van der Waals surface area contributed by atoms with Gasteiger partial charge in [0.2, 0.25) is 0 Å². The molecule has 1 amide bonds. The van der Waals surface area contributed by atoms with Crippen LogP contribution in [0, 0.1) is 6.92 Å². The standard InChI is InChI=1S/C10H12INO2/c1-7-2-3-8(9(13)6-7)10(14)12-5-4-11/h2-3,6,13H,4-5H2,1H3,(H,12,14). The number of carbonyl (C=O) groups excluding carboxylic acids is 1. The number of hydrogen-bond donors (Lipinski definition) is 2. The molecule has 0 atom stereocenters. The molecule has 0 aliphatic carbocycles. The third kappa shape index (κ3) is 2.87. The van der Waals surface area contributed by atoms with Gasteiger partial charge in [-0.2, -0.15) is 0 Å². The molecule has 3 nitrogen and oxygen atoms in total. The first-order valence-electron chi connectivity index (χ1n) is 4.29. The Kier molecular flexibility index (Phi) is 4.19. The summed E-state index contributed by atoms with van der Waals surface area (Å²) < 4.78 is 0.857. The van der Waals surface area contributed by atoms with E-state index in [0.717, 1.165) is 9.99 Å². The molecule has 76 valence electrons. The van der Waals surface area contributed by atoms with E-state index in [4.69, 9.17) is 0 Å². The van der Waals surface area contributed by atoms with Crippen molar-refractivity contribution in [3.63, 3.8) is 0 Å². The SMILES string of the molecule is Cc1ccc(C(=O)NCCI)c(O)c1. The number of hydrogen-bond acceptors (Lipinski definition) is 2. The van der Waals surface area contributed by atoms with Gasteiger partial charge in [0.1, 0.15) is 5.75 Å². The molecule has 0 spiro atoms. The van der Waals surface area contributed by atoms with Gasteiger partial charge in [0.15, 0.2) is 0 Å². The first kappa shape index (κ1) is 11.3. The van der Waals surface area contributed by atoms with Crippen LogP contribution >= 0.6 is 22.6 Å². The van der Waals surface area contributed by atoms with Crippen LogP contribution in [-0.4, -0.2) is 22.0 Å². The van der Waals surface area contributed by atoms with E-state index in [-0.39, 0.29) is 11.7 Å². The van der Waals surface area contributed by atoms with Crippen molar-refractivity contribution < 1.29 is 9.90 Å². The van der Waals surface area contributed by atoms with Crippen LogP contribution in [0.3, 0.4) is 0 Å². The van der Waals surface area contributed by atoms with E-state index in [0.29, 0.717) is 12.1 Å². The molecule has 0 fully saturated rings. The Bertz CT molecular complexity index is 339. The summed E-state index contributed by atoms with van der Waals surface area (Å²) in [5.41, 5.74) is 1.27. The largest absolute Gasteiger partial charge is 0.507 e. The number of aromatic hydroxyl groups is 1. The number of benzene rings is 1. The molecule has 1 aromatic carbocycles. The molecule has 0 saturated carbocycles. The van der Waals surface area contributed by atoms with Crippen LogP contribution in [0.1, 0.15) is 15.9 Å². The molecule has 0 aromatic heterocycles. The fraction of sp³-hybridized carbons (Fsp3) is 0.300. The van der Waals surface area contributed by atoms with Crippen molar-refractivity contribution in [2.75, 3.05) is 11.0 Å². The summed E-state index contributed by atoms with van der Waals surface area (Å²) in [4.78, 5) is 11.5. The number of amides is 1. The fourth-order valence-electron chi connectivity index (χ4n) is 1.09. The highest BCUT2D eigenvalue weighted by Crippen LogP contribution is 2.17. The second-order valence-corrected chi connectivity index (χ2v) is 4.04. The highest BCUT2D eigenvalue weighted by molar-refractivity contribution is 14.1. The number of aryl methyl sites for hydroxylation is 1. The van der Waals surface area contributed by atoms with Gasteiger partial charge in [0, 0.05) is 11.0 Å². The molecule has 14 heavy (non-hydrogen) atoms. The number of nitrogens with one attached hydrogen (secondary N) is 1. The summed E-state index contributed by atoms with van der Waals surface area (Å²) in [5, 5.41) is 12.2. The van der Waals surface area contributed by atoms with Gasteiger partial charge in [-0.25, -0.2) is 0 Å². The molecule has 0 bridgehead atoms. The summed E-state index contributed by atoms with van der Waals surface area (Å²) >= 11 is 2.18. The Morgan fingerprint density at radius 1 is 1.57 bits per heavy atom. The van der Waals surface area contributed by atoms with Gasteiger partial charge < -0.3 is 10.4 Å². The zero-order valence-corrected chi connectivity index (χ0v) is 10.0. The van der Waals surface area contributed by atoms with Gasteiger partial charge in [-0.05, 0) is 24.6 Å². The highest BCUT2D eigenvalue weighted by atomic mass is 127. The van der Waals surface area contributed by atoms with Crippen molar-refractivity contribution >= 4 is 28.5 Å². The van der Waals surface area contributed by atoms with Gasteiger partial charge in [-0.15, -0.1) is 0 Å². The molecular weight excluding hydrogens is 293 g/mol. The van der Waals surface area contributed by atoms with Gasteiger partial charge >= 0.3 is 0 Å². The number of alkyl halides is 1. The summed E-state index contributed by atoms with van der Waals surface area (Å²) in [7, 11) is 0. The molecule has 0 radical (unpaired) electrons. The minimum atomic E-state index is -0.223. The smallest absolute Gasteiger partial charge is 0.255 e. The van der Waals surface area contributed by atoms with E-state index in [9.17, 15) is 9.90 Å². The predicted octanol–water partition coefficient (Wildman–Crippen LogP) is 1.87. The number of halogens is 1. The zero-order chi connectivity index (χ0) is 10.6. The Morgan fingerprint density at radius 3 is 2.86 bits per heavy atom. The fourth-order valence-corrected chi connectivity index (χ4v) is 1.36. The van der Waals surface area contributed by atoms with Crippen molar-refractivity contribution in [1.29, 1.82) is 0 Å². The first-order valence-corrected chi connectivity index (χ1v) is 5.81. The molecule has 0 heterocycles. The van der Waals surface area contributed by atoms with Crippen LogP contribution in [-0.2, 0) is 0 Å². The molecule has 1 aromatic rings. The predicted molar refractivity (Wildman–Crippen MR) is 64.1 cm³/mol. The van der Waals surface area contributed by atoms with E-state index in [1.807, 2.05) is 6.92 Å². The molecule has 0 aliphatic heterocycles. The molecule has 1 rings (SSSR count). The van der Waals surface area contributed by atoms with Crippen LogP contribution in [0.15, 0.2) is 18.2 Å². The molecule has 0 unspecified atom stereocenters. The van der Waals surface area contributed by atoms with Crippen LogP contribution in [0.2, 0.25) is 0 Å². The van der Waals surface area contributed by atoms with Gasteiger partial charge in [0.25, 0.3) is 5.91 Å². The van der Waals surface area contributed by atoms with Crippen molar-refractivity contribution in [3.8, 4) is 5.75 Å². The summed E-state index contributed by atoms with van der Waals surface area (Å²) in [6.07, 6.45) is 0. The molecular formula is C10H12INO2. The maximum absolute atomic E-state index is 11.5. The van der Waals surface area contributed by atoms with Crippen molar-refractivity contribution in [3.05, 3.63) is 29.3 Å². The zero-order valence-electron chi connectivity index (χ0n) is 7.88. The number of rotatable bonds is 3. The molecule has 0 aliphatic rings. The van der Waals surface area contributed by atoms with E-state index in [1.165, 1.54) is 0 Å². The minimum Gasteiger partial charge on any atom is -0.507 e. The maximum Gasteiger partial charge on any atom is 0.255 e. The quantitative estimate of drug-likeness (QED) is 0.661. The second kappa shape index (κ2) is 5.19. The van der Waals surface area contributed by atoms with E-state index in [2.05, 4.69) is 27.9 Å². The van der Waals surface area contributed by atoms with E-state index in [1.54, 1.807) is 18.2 Å². The monoisotopic (exact) mass is 305 g/mol. The van der Waals surface area contributed by atoms with Crippen molar-refractivity contribution in [2.45, 2.75) is 6.92 Å². The lowest BCUT2D eigenvalue weighted by Crippen LogP contribution is -2.25. The number of phenolic OH excluding ortho intramolecular Hbond substituents is 1. The van der Waals surface area contributed by atoms with Gasteiger partial charge in [-0.3, -0.25) is 4.79 Å². The Balaban J connectivity index is 2.80. The van der Waals surface area contributed by atoms with Gasteiger partial charge in [0.05, 0.1) is 5.56 Å². The normalized spacial score (nSPS) is 9.86. The average Bonchev–Trinajstić information content (AvgIpc) is 2.14. The molecule has 0 saturated heterocycles. The number of phenols is 1. The van der Waals surface area contributed by atoms with Crippen molar-refractivity contribution in [1.82, 2.24) is 5.32 Å². The van der Waals surface area contributed by atoms with E-state index < -0.39 is 0 Å². The Morgan fingerprint density at radius 2 is 2.29 bits per heavy atom. The lowest BCUT2D eigenvalue weighted by Gasteiger charge is -2.05. The van der Waals surface area contributed by atoms with Crippen LogP contribution < -0.4 is 5.32 Å². The second-order valence-electron chi connectivity index (χ2n) is 2.97. The van der Waals surface area contributed by atoms with Crippen LogP contribution in [0.25, 0.3) is 0 Å². The lowest BCUT2D eigenvalue weighted by atomic mass is 10.1. The van der Waals surface area contributed by atoms with Crippen LogP contribution in [0.5, 0.6) is 5.75 Å². The maximum atomic E-state index is 11.5. The first-order chi connectivity index (χ1) is 6.65. The third-order valence-electron chi connectivity index (χ3n) is 1.78. The van der Waals surface area contributed by atoms with Gasteiger partial charge in [-0.1, -0.05) is 28.7 Å². The van der Waals surface area contributed by atoms with Crippen molar-refractivity contribution in [2.24, 2.45) is 0 Å². The highest BCUT2D eigenvalue weighted by Gasteiger charge is 2.09. The number of carbonyl (C=O) groups is 1. The molecule has 4 heteroatoms.